The van der Waals surface area contributed by atoms with E-state index in [0.717, 1.165) is 12.2 Å². The van der Waals surface area contributed by atoms with Gasteiger partial charge in [-0.15, -0.1) is 0 Å². The largest absolute Gasteiger partial charge is 0.492 e. The summed E-state index contributed by atoms with van der Waals surface area (Å²) in [6.45, 7) is 0.722. The van der Waals surface area contributed by atoms with Gasteiger partial charge in [-0.1, -0.05) is 6.07 Å². The summed E-state index contributed by atoms with van der Waals surface area (Å²) in [4.78, 5) is 6.10. The molecule has 1 aromatic carbocycles. The number of aromatic hydroxyl groups is 1. The maximum Gasteiger partial charge on any atom is 0.231 e. The molecule has 2 aromatic rings. The Morgan fingerprint density at radius 1 is 1.41 bits per heavy atom. The summed E-state index contributed by atoms with van der Waals surface area (Å²) >= 11 is 0. The van der Waals surface area contributed by atoms with Crippen LogP contribution in [0.25, 0.3) is 5.69 Å². The summed E-state index contributed by atoms with van der Waals surface area (Å²) in [7, 11) is 4.05. The summed E-state index contributed by atoms with van der Waals surface area (Å²) in [5, 5.41) is 12.6. The molecule has 2 N–H and O–H groups in total. The van der Waals surface area contributed by atoms with Crippen molar-refractivity contribution in [2.75, 3.05) is 24.3 Å². The first-order valence-electron chi connectivity index (χ1n) is 5.48. The Labute approximate surface area is 99.3 Å². The van der Waals surface area contributed by atoms with Gasteiger partial charge in [-0.05, 0) is 12.1 Å². The fourth-order valence-electron chi connectivity index (χ4n) is 2.23. The Kier molecular flexibility index (Phi) is 2.01. The SMILES string of the molecule is CN(C)c1cccc2c1CNc1nc(O)cn1-2. The molecule has 0 atom stereocenters. The number of fused-ring (bicyclic) bond motifs is 3. The first-order valence-corrected chi connectivity index (χ1v) is 5.48. The van der Waals surface area contributed by atoms with Crippen molar-refractivity contribution in [3.63, 3.8) is 0 Å². The molecule has 0 saturated heterocycles. The molecule has 1 aliphatic rings. The van der Waals surface area contributed by atoms with Crippen LogP contribution in [0, 0.1) is 0 Å². The standard InChI is InChI=1S/C12H14N4O/c1-15(2)9-4-3-5-10-8(9)6-13-12-14-11(17)7-16(10)12/h3-5,7,17H,6H2,1-2H3,(H,13,14). The first-order chi connectivity index (χ1) is 8.16. The van der Waals surface area contributed by atoms with Crippen molar-refractivity contribution in [1.29, 1.82) is 0 Å². The Balaban J connectivity index is 2.23. The molecular weight excluding hydrogens is 216 g/mol. The molecule has 0 fully saturated rings. The van der Waals surface area contributed by atoms with E-state index in [-0.39, 0.29) is 5.88 Å². The van der Waals surface area contributed by atoms with E-state index in [9.17, 15) is 5.11 Å². The molecule has 0 amide bonds. The second-order valence-corrected chi connectivity index (χ2v) is 4.32. The highest BCUT2D eigenvalue weighted by Gasteiger charge is 2.20. The molecule has 1 aliphatic heterocycles. The minimum absolute atomic E-state index is 0.0376. The van der Waals surface area contributed by atoms with Crippen molar-refractivity contribution in [3.05, 3.63) is 30.0 Å². The zero-order chi connectivity index (χ0) is 12.0. The summed E-state index contributed by atoms with van der Waals surface area (Å²) in [5.41, 5.74) is 3.45. The summed E-state index contributed by atoms with van der Waals surface area (Å²) < 4.78 is 1.88. The quantitative estimate of drug-likeness (QED) is 0.780. The van der Waals surface area contributed by atoms with Crippen LogP contribution in [0.1, 0.15) is 5.56 Å². The summed E-state index contributed by atoms with van der Waals surface area (Å²) in [6, 6.07) is 6.14. The van der Waals surface area contributed by atoms with Crippen molar-refractivity contribution in [2.45, 2.75) is 6.54 Å². The number of anilines is 2. The predicted molar refractivity (Wildman–Crippen MR) is 66.9 cm³/mol. The van der Waals surface area contributed by atoms with Crippen molar-refractivity contribution in [2.24, 2.45) is 0 Å². The highest BCUT2D eigenvalue weighted by molar-refractivity contribution is 5.66. The van der Waals surface area contributed by atoms with Gasteiger partial charge in [0.1, 0.15) is 0 Å². The van der Waals surface area contributed by atoms with E-state index in [1.54, 1.807) is 6.20 Å². The Bertz CT molecular complexity index is 574. The third kappa shape index (κ3) is 1.43. The van der Waals surface area contributed by atoms with Crippen LogP contribution in [-0.2, 0) is 6.54 Å². The molecular formula is C12H14N4O. The lowest BCUT2D eigenvalue weighted by atomic mass is 10.1. The van der Waals surface area contributed by atoms with E-state index >= 15 is 0 Å². The summed E-state index contributed by atoms with van der Waals surface area (Å²) in [6.07, 6.45) is 1.62. The number of hydrogen-bond donors (Lipinski definition) is 2. The van der Waals surface area contributed by atoms with Gasteiger partial charge >= 0.3 is 0 Å². The number of hydrogen-bond acceptors (Lipinski definition) is 4. The van der Waals surface area contributed by atoms with Gasteiger partial charge < -0.3 is 15.3 Å². The van der Waals surface area contributed by atoms with Crippen LogP contribution in [0.15, 0.2) is 24.4 Å². The highest BCUT2D eigenvalue weighted by atomic mass is 16.3. The van der Waals surface area contributed by atoms with E-state index in [1.807, 2.05) is 30.8 Å². The van der Waals surface area contributed by atoms with E-state index < -0.39 is 0 Å². The number of nitrogens with zero attached hydrogens (tertiary/aromatic N) is 3. The maximum absolute atomic E-state index is 9.45. The molecule has 0 saturated carbocycles. The van der Waals surface area contributed by atoms with Gasteiger partial charge in [0.15, 0.2) is 0 Å². The van der Waals surface area contributed by atoms with Gasteiger partial charge in [0.05, 0.1) is 11.9 Å². The Hall–Kier alpha value is -2.17. The third-order valence-corrected chi connectivity index (χ3v) is 2.98. The average molecular weight is 230 g/mol. The maximum atomic E-state index is 9.45. The molecule has 3 rings (SSSR count). The lowest BCUT2D eigenvalue weighted by Gasteiger charge is -2.25. The molecule has 0 unspecified atom stereocenters. The highest BCUT2D eigenvalue weighted by Crippen LogP contribution is 2.32. The molecule has 0 bridgehead atoms. The predicted octanol–water partition coefficient (Wildman–Crippen LogP) is 1.57. The van der Waals surface area contributed by atoms with Crippen LogP contribution >= 0.6 is 0 Å². The zero-order valence-corrected chi connectivity index (χ0v) is 9.81. The van der Waals surface area contributed by atoms with Crippen LogP contribution in [0.3, 0.4) is 0 Å². The smallest absolute Gasteiger partial charge is 0.231 e. The van der Waals surface area contributed by atoms with Crippen LogP contribution in [0.5, 0.6) is 5.88 Å². The van der Waals surface area contributed by atoms with Gasteiger partial charge in [0, 0.05) is 31.9 Å². The molecule has 0 spiro atoms. The zero-order valence-electron chi connectivity index (χ0n) is 9.81. The van der Waals surface area contributed by atoms with E-state index in [4.69, 9.17) is 0 Å². The topological polar surface area (TPSA) is 53.3 Å². The van der Waals surface area contributed by atoms with Crippen LogP contribution in [0.4, 0.5) is 11.6 Å². The molecule has 5 nitrogen and oxygen atoms in total. The van der Waals surface area contributed by atoms with Gasteiger partial charge in [0.2, 0.25) is 11.8 Å². The number of aromatic nitrogens is 2. The lowest BCUT2D eigenvalue weighted by Crippen LogP contribution is -2.19. The Morgan fingerprint density at radius 3 is 3.00 bits per heavy atom. The Morgan fingerprint density at radius 2 is 2.24 bits per heavy atom. The molecule has 0 aliphatic carbocycles. The summed E-state index contributed by atoms with van der Waals surface area (Å²) in [5.74, 6) is 0.724. The second kappa shape index (κ2) is 3.41. The monoisotopic (exact) mass is 230 g/mol. The molecule has 17 heavy (non-hydrogen) atoms. The van der Waals surface area contributed by atoms with Gasteiger partial charge in [-0.2, -0.15) is 4.98 Å². The van der Waals surface area contributed by atoms with Crippen molar-refractivity contribution in [3.8, 4) is 11.6 Å². The number of imidazole rings is 1. The van der Waals surface area contributed by atoms with Crippen molar-refractivity contribution >= 4 is 11.6 Å². The van der Waals surface area contributed by atoms with Crippen LogP contribution in [0.2, 0.25) is 0 Å². The first kappa shape index (κ1) is 10.0. The van der Waals surface area contributed by atoms with Gasteiger partial charge in [-0.3, -0.25) is 4.57 Å². The minimum Gasteiger partial charge on any atom is -0.492 e. The van der Waals surface area contributed by atoms with Crippen molar-refractivity contribution in [1.82, 2.24) is 9.55 Å². The fourth-order valence-corrected chi connectivity index (χ4v) is 2.23. The van der Waals surface area contributed by atoms with E-state index in [1.165, 1.54) is 11.3 Å². The van der Waals surface area contributed by atoms with Gasteiger partial charge in [0.25, 0.3) is 0 Å². The molecule has 2 heterocycles. The second-order valence-electron chi connectivity index (χ2n) is 4.32. The average Bonchev–Trinajstić information content (AvgIpc) is 2.68. The van der Waals surface area contributed by atoms with E-state index in [2.05, 4.69) is 21.3 Å². The minimum atomic E-state index is 0.0376. The number of benzene rings is 1. The molecule has 0 radical (unpaired) electrons. The van der Waals surface area contributed by atoms with Crippen molar-refractivity contribution < 1.29 is 5.11 Å². The number of nitrogens with one attached hydrogen (secondary N) is 1. The molecule has 1 aromatic heterocycles. The molecule has 88 valence electrons. The van der Waals surface area contributed by atoms with Crippen LogP contribution in [-0.4, -0.2) is 28.8 Å². The van der Waals surface area contributed by atoms with Gasteiger partial charge in [-0.25, -0.2) is 0 Å². The van der Waals surface area contributed by atoms with E-state index in [0.29, 0.717) is 5.95 Å². The normalized spacial score (nSPS) is 12.6. The number of rotatable bonds is 1. The molecule has 5 heteroatoms. The lowest BCUT2D eigenvalue weighted by molar-refractivity contribution is 0.456. The van der Waals surface area contributed by atoms with Crippen LogP contribution < -0.4 is 10.2 Å². The fraction of sp³-hybridized carbons (Fsp3) is 0.250. The third-order valence-electron chi connectivity index (χ3n) is 2.98.